The van der Waals surface area contributed by atoms with Crippen LogP contribution in [0.5, 0.6) is 0 Å². The molecule has 0 aliphatic heterocycles. The van der Waals surface area contributed by atoms with Gasteiger partial charge in [-0.05, 0) is 104 Å². The van der Waals surface area contributed by atoms with Crippen LogP contribution in [0.15, 0.2) is 170 Å². The summed E-state index contributed by atoms with van der Waals surface area (Å²) in [6, 6.07) is 63.2. The predicted octanol–water partition coefficient (Wildman–Crippen LogP) is 11.9. The number of aryl methyl sites for hydroxylation is 2. The predicted molar refractivity (Wildman–Crippen MR) is 197 cm³/mol. The van der Waals surface area contributed by atoms with Gasteiger partial charge < -0.3 is 0 Å². The molecule has 0 saturated carbocycles. The molecule has 47 heavy (non-hydrogen) atoms. The van der Waals surface area contributed by atoms with E-state index in [1.807, 2.05) is 0 Å². The van der Waals surface area contributed by atoms with Crippen molar-refractivity contribution >= 4 is 0 Å². The average molecular weight is 601 g/mol. The van der Waals surface area contributed by atoms with Crippen molar-refractivity contribution in [3.05, 3.63) is 203 Å². The van der Waals surface area contributed by atoms with Crippen LogP contribution in [0.2, 0.25) is 0 Å². The molecule has 0 fully saturated rings. The molecular formula is C47H36. The summed E-state index contributed by atoms with van der Waals surface area (Å²) in [6.45, 7) is 0. The van der Waals surface area contributed by atoms with Gasteiger partial charge in [-0.3, -0.25) is 0 Å². The van der Waals surface area contributed by atoms with E-state index in [1.54, 1.807) is 0 Å². The largest absolute Gasteiger partial charge is 0.0725 e. The number of benzene rings is 7. The first kappa shape index (κ1) is 27.8. The lowest BCUT2D eigenvalue weighted by molar-refractivity contribution is 0.734. The zero-order valence-electron chi connectivity index (χ0n) is 26.5. The topological polar surface area (TPSA) is 0 Å². The second-order valence-electron chi connectivity index (χ2n) is 13.1. The third kappa shape index (κ3) is 4.43. The highest BCUT2D eigenvalue weighted by Crippen LogP contribution is 2.63. The fourth-order valence-electron chi connectivity index (χ4n) is 8.39. The van der Waals surface area contributed by atoms with E-state index in [9.17, 15) is 0 Å². The van der Waals surface area contributed by atoms with Gasteiger partial charge >= 0.3 is 0 Å². The first-order valence-corrected chi connectivity index (χ1v) is 17.0. The van der Waals surface area contributed by atoms with Gasteiger partial charge in [-0.15, -0.1) is 0 Å². The second kappa shape index (κ2) is 11.4. The number of rotatable bonds is 7. The SMILES string of the molecule is c1ccc(-c2ccc(CCCCc3ccc(-c4cccc5c4-c4ccccc4C54c5ccccc5-c5ccccc54)cc3)cc2)cc1. The van der Waals surface area contributed by atoms with Crippen LogP contribution in [-0.2, 0) is 18.3 Å². The highest BCUT2D eigenvalue weighted by atomic mass is 14.5. The van der Waals surface area contributed by atoms with E-state index in [0.29, 0.717) is 0 Å². The molecule has 2 aliphatic rings. The molecule has 1 spiro atoms. The summed E-state index contributed by atoms with van der Waals surface area (Å²) in [4.78, 5) is 0. The summed E-state index contributed by atoms with van der Waals surface area (Å²) < 4.78 is 0. The summed E-state index contributed by atoms with van der Waals surface area (Å²) in [7, 11) is 0. The van der Waals surface area contributed by atoms with Crippen LogP contribution >= 0.6 is 0 Å². The Balaban J connectivity index is 0.983. The van der Waals surface area contributed by atoms with Crippen LogP contribution in [0.25, 0.3) is 44.5 Å². The molecule has 0 atom stereocenters. The van der Waals surface area contributed by atoms with Crippen molar-refractivity contribution in [1.82, 2.24) is 0 Å². The minimum atomic E-state index is -0.295. The van der Waals surface area contributed by atoms with Crippen molar-refractivity contribution in [1.29, 1.82) is 0 Å². The molecule has 0 aromatic heterocycles. The van der Waals surface area contributed by atoms with Crippen molar-refractivity contribution in [2.45, 2.75) is 31.1 Å². The van der Waals surface area contributed by atoms with E-state index < -0.39 is 0 Å². The normalized spacial score (nSPS) is 13.2. The molecular weight excluding hydrogens is 565 g/mol. The third-order valence-electron chi connectivity index (χ3n) is 10.5. The Hall–Kier alpha value is -5.46. The molecule has 0 radical (unpaired) electrons. The van der Waals surface area contributed by atoms with E-state index in [2.05, 4.69) is 170 Å². The van der Waals surface area contributed by atoms with Crippen LogP contribution in [0.3, 0.4) is 0 Å². The van der Waals surface area contributed by atoms with Gasteiger partial charge in [0.1, 0.15) is 0 Å². The Labute approximate surface area is 278 Å². The monoisotopic (exact) mass is 600 g/mol. The van der Waals surface area contributed by atoms with Crippen molar-refractivity contribution in [3.63, 3.8) is 0 Å². The summed E-state index contributed by atoms with van der Waals surface area (Å²) >= 11 is 0. The van der Waals surface area contributed by atoms with Crippen molar-refractivity contribution in [2.75, 3.05) is 0 Å². The Morgan fingerprint density at radius 2 is 0.723 bits per heavy atom. The van der Waals surface area contributed by atoms with Gasteiger partial charge in [-0.25, -0.2) is 0 Å². The lowest BCUT2D eigenvalue weighted by Gasteiger charge is -2.30. The number of fused-ring (bicyclic) bond motifs is 10. The molecule has 7 aromatic carbocycles. The maximum absolute atomic E-state index is 2.38. The molecule has 0 unspecified atom stereocenters. The Kier molecular flexibility index (Phi) is 6.75. The Bertz CT molecular complexity index is 2170. The van der Waals surface area contributed by atoms with Gasteiger partial charge in [0.15, 0.2) is 0 Å². The molecule has 0 bridgehead atoms. The van der Waals surface area contributed by atoms with Gasteiger partial charge in [0, 0.05) is 0 Å². The smallest absolute Gasteiger partial charge is 0.0622 e. The van der Waals surface area contributed by atoms with Gasteiger partial charge in [0.25, 0.3) is 0 Å². The lowest BCUT2D eigenvalue weighted by Crippen LogP contribution is -2.25. The number of unbranched alkanes of at least 4 members (excludes halogenated alkanes) is 1. The van der Waals surface area contributed by atoms with E-state index in [4.69, 9.17) is 0 Å². The minimum Gasteiger partial charge on any atom is -0.0622 e. The minimum absolute atomic E-state index is 0.295. The van der Waals surface area contributed by atoms with Crippen molar-refractivity contribution in [2.24, 2.45) is 0 Å². The second-order valence-corrected chi connectivity index (χ2v) is 13.1. The highest BCUT2D eigenvalue weighted by molar-refractivity contribution is 5.99. The van der Waals surface area contributed by atoms with Gasteiger partial charge in [-0.2, -0.15) is 0 Å². The fraction of sp³-hybridized carbons (Fsp3) is 0.106. The molecule has 9 rings (SSSR count). The third-order valence-corrected chi connectivity index (χ3v) is 10.5. The summed E-state index contributed by atoms with van der Waals surface area (Å²) in [5.74, 6) is 0. The van der Waals surface area contributed by atoms with E-state index in [1.165, 1.54) is 90.7 Å². The molecule has 224 valence electrons. The standard InChI is InChI=1S/C47H36/c1-2-15-35(16-3-1)36-29-25-33(26-30-36)13-4-5-14-34-27-31-37(32-28-34)38-20-12-24-45-46(38)41-19-8-11-23-44(41)47(45)42-21-9-6-17-39(42)40-18-7-10-22-43(40)47/h1-3,6-12,15-32H,4-5,13-14H2. The molecule has 0 N–H and O–H groups in total. The first-order chi connectivity index (χ1) is 23.3. The fourth-order valence-corrected chi connectivity index (χ4v) is 8.39. The van der Waals surface area contributed by atoms with Crippen LogP contribution in [0, 0.1) is 0 Å². The molecule has 0 saturated heterocycles. The maximum atomic E-state index is 2.38. The van der Waals surface area contributed by atoms with E-state index in [-0.39, 0.29) is 5.41 Å². The van der Waals surface area contributed by atoms with Crippen LogP contribution in [-0.4, -0.2) is 0 Å². The van der Waals surface area contributed by atoms with Crippen molar-refractivity contribution < 1.29 is 0 Å². The Morgan fingerprint density at radius 3 is 1.32 bits per heavy atom. The zero-order chi connectivity index (χ0) is 31.2. The quantitative estimate of drug-likeness (QED) is 0.160. The lowest BCUT2D eigenvalue weighted by atomic mass is 9.70. The molecule has 2 aliphatic carbocycles. The van der Waals surface area contributed by atoms with Gasteiger partial charge in [-0.1, -0.05) is 170 Å². The molecule has 7 aromatic rings. The van der Waals surface area contributed by atoms with Gasteiger partial charge in [0.05, 0.1) is 5.41 Å². The van der Waals surface area contributed by atoms with Crippen LogP contribution in [0.1, 0.15) is 46.2 Å². The summed E-state index contributed by atoms with van der Waals surface area (Å²) in [5.41, 5.74) is 18.7. The molecule has 0 amide bonds. The number of hydrogen-bond donors (Lipinski definition) is 0. The highest BCUT2D eigenvalue weighted by Gasteiger charge is 2.51. The van der Waals surface area contributed by atoms with E-state index >= 15 is 0 Å². The van der Waals surface area contributed by atoms with Crippen LogP contribution < -0.4 is 0 Å². The molecule has 0 nitrogen and oxygen atoms in total. The Morgan fingerprint density at radius 1 is 0.298 bits per heavy atom. The maximum Gasteiger partial charge on any atom is 0.0725 e. The number of hydrogen-bond acceptors (Lipinski definition) is 0. The summed E-state index contributed by atoms with van der Waals surface area (Å²) in [5, 5.41) is 0. The van der Waals surface area contributed by atoms with E-state index in [0.717, 1.165) is 12.8 Å². The van der Waals surface area contributed by atoms with Crippen molar-refractivity contribution in [3.8, 4) is 44.5 Å². The van der Waals surface area contributed by atoms with Crippen LogP contribution in [0.4, 0.5) is 0 Å². The summed E-state index contributed by atoms with van der Waals surface area (Å²) in [6.07, 6.45) is 4.61. The van der Waals surface area contributed by atoms with Gasteiger partial charge in [0.2, 0.25) is 0 Å². The zero-order valence-corrected chi connectivity index (χ0v) is 26.5. The molecule has 0 heterocycles. The first-order valence-electron chi connectivity index (χ1n) is 17.0. The molecule has 0 heteroatoms. The average Bonchev–Trinajstić information content (AvgIpc) is 3.62.